The summed E-state index contributed by atoms with van der Waals surface area (Å²) in [5, 5.41) is 12.6. The Morgan fingerprint density at radius 3 is 2.84 bits per heavy atom. The molecule has 0 fully saturated rings. The minimum Gasteiger partial charge on any atom is -0.379 e. The number of ether oxygens (including phenoxy) is 1. The monoisotopic (exact) mass is 453 g/mol. The molecule has 168 valence electrons. The van der Waals surface area contributed by atoms with Crippen LogP contribution in [-0.2, 0) is 28.1 Å². The average molecular weight is 454 g/mol. The van der Waals surface area contributed by atoms with Crippen molar-refractivity contribution in [3.8, 4) is 5.75 Å². The van der Waals surface area contributed by atoms with E-state index in [1.54, 1.807) is 6.20 Å². The number of halogens is 1. The van der Waals surface area contributed by atoms with Crippen molar-refractivity contribution in [1.82, 2.24) is 4.98 Å². The Labute approximate surface area is 193 Å². The van der Waals surface area contributed by atoms with Gasteiger partial charge in [0.25, 0.3) is 0 Å². The summed E-state index contributed by atoms with van der Waals surface area (Å²) >= 11 is 6.20. The van der Waals surface area contributed by atoms with E-state index in [-0.39, 0.29) is 6.10 Å². The molecule has 0 bridgehead atoms. The van der Waals surface area contributed by atoms with Crippen molar-refractivity contribution >= 4 is 11.6 Å². The second-order valence-electron chi connectivity index (χ2n) is 8.14. The number of rotatable bonds is 9. The van der Waals surface area contributed by atoms with Gasteiger partial charge in [0.2, 0.25) is 0 Å². The van der Waals surface area contributed by atoms with Crippen LogP contribution in [0, 0.1) is 0 Å². The molecular weight excluding hydrogens is 426 g/mol. The highest BCUT2D eigenvalue weighted by atomic mass is 35.5. The van der Waals surface area contributed by atoms with E-state index in [0.29, 0.717) is 42.5 Å². The maximum atomic E-state index is 12.0. The predicted molar refractivity (Wildman–Crippen MR) is 124 cm³/mol. The fourth-order valence-electron chi connectivity index (χ4n) is 3.91. The smallest absolute Gasteiger partial charge is 0.168 e. The minimum absolute atomic E-state index is 0.189. The molecule has 2 unspecified atom stereocenters. The first-order valence-electron chi connectivity index (χ1n) is 11.0. The highest BCUT2D eigenvalue weighted by Gasteiger charge is 2.35. The molecule has 0 saturated carbocycles. The van der Waals surface area contributed by atoms with Crippen molar-refractivity contribution in [1.29, 1.82) is 0 Å². The zero-order valence-corrected chi connectivity index (χ0v) is 18.9. The standard InChI is InChI=1S/C26H28ClNO4/c1-2-3-13-30-18-23-16-20-15-21(10-11-24(20)32-31-23)26(29,25-9-4-5-12-28-25)17-19-7-6-8-22(27)14-19/h4-12,14-15,23,29H,2-3,13,16-18H2,1H3. The average Bonchev–Trinajstić information content (AvgIpc) is 2.82. The van der Waals surface area contributed by atoms with Crippen molar-refractivity contribution in [2.45, 2.75) is 44.3 Å². The molecule has 0 amide bonds. The molecule has 6 heteroatoms. The Morgan fingerprint density at radius 1 is 1.16 bits per heavy atom. The molecule has 0 spiro atoms. The van der Waals surface area contributed by atoms with Crippen molar-refractivity contribution in [3.05, 3.63) is 94.3 Å². The van der Waals surface area contributed by atoms with Crippen LogP contribution in [0.4, 0.5) is 0 Å². The Bertz CT molecular complexity index is 1030. The first kappa shape index (κ1) is 22.7. The SMILES string of the molecule is CCCCOCC1Cc2cc(C(O)(Cc3cccc(Cl)c3)c3ccccn3)ccc2OO1. The Kier molecular flexibility index (Phi) is 7.43. The van der Waals surface area contributed by atoms with Gasteiger partial charge in [0.05, 0.1) is 12.3 Å². The Hall–Kier alpha value is -2.44. The summed E-state index contributed by atoms with van der Waals surface area (Å²) in [7, 11) is 0. The molecule has 2 heterocycles. The zero-order valence-electron chi connectivity index (χ0n) is 18.2. The van der Waals surface area contributed by atoms with Crippen LogP contribution in [-0.4, -0.2) is 29.4 Å². The molecule has 2 aromatic carbocycles. The van der Waals surface area contributed by atoms with E-state index in [0.717, 1.165) is 29.5 Å². The van der Waals surface area contributed by atoms with Crippen molar-refractivity contribution in [3.63, 3.8) is 0 Å². The summed E-state index contributed by atoms with van der Waals surface area (Å²) in [6, 6.07) is 18.8. The lowest BCUT2D eigenvalue weighted by atomic mass is 9.83. The van der Waals surface area contributed by atoms with E-state index in [1.165, 1.54) is 0 Å². The molecule has 32 heavy (non-hydrogen) atoms. The Balaban J connectivity index is 1.62. The topological polar surface area (TPSA) is 60.8 Å². The van der Waals surface area contributed by atoms with Gasteiger partial charge in [0, 0.05) is 36.2 Å². The van der Waals surface area contributed by atoms with E-state index in [2.05, 4.69) is 11.9 Å². The molecule has 1 aromatic heterocycles. The van der Waals surface area contributed by atoms with Gasteiger partial charge in [-0.1, -0.05) is 49.2 Å². The second kappa shape index (κ2) is 10.5. The number of nitrogens with zero attached hydrogens (tertiary/aromatic N) is 1. The molecule has 0 aliphatic carbocycles. The largest absolute Gasteiger partial charge is 0.379 e. The molecule has 2 atom stereocenters. The minimum atomic E-state index is -1.33. The van der Waals surface area contributed by atoms with Gasteiger partial charge in [-0.15, -0.1) is 0 Å². The fraction of sp³-hybridized carbons (Fsp3) is 0.346. The number of aromatic nitrogens is 1. The molecule has 0 saturated heterocycles. The number of aliphatic hydroxyl groups is 1. The van der Waals surface area contributed by atoms with Gasteiger partial charge in [-0.2, -0.15) is 4.89 Å². The normalized spacial score (nSPS) is 17.3. The van der Waals surface area contributed by atoms with Crippen LogP contribution >= 0.6 is 11.6 Å². The fourth-order valence-corrected chi connectivity index (χ4v) is 4.13. The van der Waals surface area contributed by atoms with Crippen LogP contribution in [0.25, 0.3) is 0 Å². The molecule has 5 nitrogen and oxygen atoms in total. The number of unbranched alkanes of at least 4 members (excludes halogenated alkanes) is 1. The first-order chi connectivity index (χ1) is 15.6. The van der Waals surface area contributed by atoms with Gasteiger partial charge in [0.1, 0.15) is 11.7 Å². The zero-order chi connectivity index (χ0) is 22.4. The van der Waals surface area contributed by atoms with Crippen LogP contribution in [0.1, 0.15) is 42.1 Å². The summed E-state index contributed by atoms with van der Waals surface area (Å²) in [4.78, 5) is 15.5. The van der Waals surface area contributed by atoms with E-state index in [4.69, 9.17) is 26.1 Å². The third-order valence-corrected chi connectivity index (χ3v) is 5.88. The molecule has 1 N–H and O–H groups in total. The third kappa shape index (κ3) is 5.30. The van der Waals surface area contributed by atoms with Crippen LogP contribution < -0.4 is 4.89 Å². The van der Waals surface area contributed by atoms with Gasteiger partial charge in [-0.25, -0.2) is 0 Å². The highest BCUT2D eigenvalue weighted by molar-refractivity contribution is 6.30. The molecule has 1 aliphatic rings. The number of pyridine rings is 1. The van der Waals surface area contributed by atoms with E-state index in [1.807, 2.05) is 60.7 Å². The number of hydrogen-bond acceptors (Lipinski definition) is 5. The lowest BCUT2D eigenvalue weighted by Crippen LogP contribution is -2.33. The summed E-state index contributed by atoms with van der Waals surface area (Å²) in [5.74, 6) is 0.657. The predicted octanol–water partition coefficient (Wildman–Crippen LogP) is 5.27. The van der Waals surface area contributed by atoms with E-state index in [9.17, 15) is 5.11 Å². The summed E-state index contributed by atoms with van der Waals surface area (Å²) in [6.07, 6.45) is 4.60. The maximum Gasteiger partial charge on any atom is 0.168 e. The third-order valence-electron chi connectivity index (χ3n) is 5.64. The van der Waals surface area contributed by atoms with E-state index < -0.39 is 5.60 Å². The maximum absolute atomic E-state index is 12.0. The molecule has 4 rings (SSSR count). The highest BCUT2D eigenvalue weighted by Crippen LogP contribution is 2.36. The van der Waals surface area contributed by atoms with Crippen molar-refractivity contribution < 1.29 is 19.6 Å². The van der Waals surface area contributed by atoms with Crippen LogP contribution in [0.5, 0.6) is 5.75 Å². The lowest BCUT2D eigenvalue weighted by Gasteiger charge is -2.31. The summed E-state index contributed by atoms with van der Waals surface area (Å²) in [6.45, 7) is 3.31. The first-order valence-corrected chi connectivity index (χ1v) is 11.4. The van der Waals surface area contributed by atoms with Gasteiger partial charge >= 0.3 is 0 Å². The number of benzene rings is 2. The quantitative estimate of drug-likeness (QED) is 0.353. The molecule has 1 aliphatic heterocycles. The Morgan fingerprint density at radius 2 is 2.06 bits per heavy atom. The van der Waals surface area contributed by atoms with Gasteiger partial charge in [0.15, 0.2) is 5.75 Å². The van der Waals surface area contributed by atoms with Crippen LogP contribution in [0.15, 0.2) is 66.9 Å². The summed E-state index contributed by atoms with van der Waals surface area (Å²) in [5.41, 5.74) is 1.88. The van der Waals surface area contributed by atoms with Crippen molar-refractivity contribution in [2.24, 2.45) is 0 Å². The summed E-state index contributed by atoms with van der Waals surface area (Å²) < 4.78 is 5.71. The molecule has 3 aromatic rings. The van der Waals surface area contributed by atoms with Gasteiger partial charge < -0.3 is 14.7 Å². The molecule has 0 radical (unpaired) electrons. The lowest BCUT2D eigenvalue weighted by molar-refractivity contribution is -0.264. The van der Waals surface area contributed by atoms with Crippen molar-refractivity contribution in [2.75, 3.05) is 13.2 Å². The van der Waals surface area contributed by atoms with E-state index >= 15 is 0 Å². The van der Waals surface area contributed by atoms with Crippen LogP contribution in [0.3, 0.4) is 0 Å². The second-order valence-corrected chi connectivity index (χ2v) is 8.58. The number of hydrogen-bond donors (Lipinski definition) is 1. The van der Waals surface area contributed by atoms with Gasteiger partial charge in [-0.05, 0) is 53.9 Å². The number of fused-ring (bicyclic) bond motifs is 1. The molecular formula is C26H28ClNO4. The van der Waals surface area contributed by atoms with Crippen LogP contribution in [0.2, 0.25) is 5.02 Å². The van der Waals surface area contributed by atoms with Gasteiger partial charge in [-0.3, -0.25) is 4.98 Å².